The molecule has 1 fully saturated rings. The minimum Gasteiger partial charge on any atom is -0.479 e. The Morgan fingerprint density at radius 2 is 1.86 bits per heavy atom. The van der Waals surface area contributed by atoms with Gasteiger partial charge in [0.25, 0.3) is 0 Å². The quantitative estimate of drug-likeness (QED) is 0.409. The average molecular weight is 518 g/mol. The van der Waals surface area contributed by atoms with Crippen LogP contribution in [0, 0.1) is 12.7 Å². The summed E-state index contributed by atoms with van der Waals surface area (Å²) >= 11 is 6.28. The molecule has 36 heavy (non-hydrogen) atoms. The van der Waals surface area contributed by atoms with Crippen LogP contribution in [-0.2, 0) is 14.3 Å². The lowest BCUT2D eigenvalue weighted by Crippen LogP contribution is -2.60. The summed E-state index contributed by atoms with van der Waals surface area (Å²) in [7, 11) is 0. The molecule has 1 aromatic heterocycles. The molecule has 188 valence electrons. The standard InChI is InChI=1S/C24H21ClFN3O7/c1-10-27-9-16-22(36-24-20(32)18(30)19(31)21(35-24)23(33)34)28-17(12-4-2-3-5-14(12)26)13-8-11(25)6-7-15(13)29(10)16/h2-9,18-22,24,30-32H,1H3,(H,33,34)/t18-,19-,20+,21-,22-,24-/m0/s1. The van der Waals surface area contributed by atoms with Crippen LogP contribution in [0.15, 0.2) is 53.7 Å². The Morgan fingerprint density at radius 3 is 2.58 bits per heavy atom. The molecule has 12 heteroatoms. The number of rotatable bonds is 4. The molecule has 3 heterocycles. The van der Waals surface area contributed by atoms with Crippen LogP contribution in [0.25, 0.3) is 5.69 Å². The second-order valence-corrected chi connectivity index (χ2v) is 8.84. The highest BCUT2D eigenvalue weighted by atomic mass is 35.5. The Hall–Kier alpha value is -3.19. The van der Waals surface area contributed by atoms with E-state index in [0.717, 1.165) is 0 Å². The maximum atomic E-state index is 15.0. The molecule has 2 aromatic carbocycles. The van der Waals surface area contributed by atoms with Crippen LogP contribution in [0.5, 0.6) is 0 Å². The van der Waals surface area contributed by atoms with Crippen molar-refractivity contribution in [3.8, 4) is 5.69 Å². The Labute approximate surface area is 208 Å². The zero-order valence-corrected chi connectivity index (χ0v) is 19.5. The third-order valence-electron chi connectivity index (χ3n) is 6.12. The fraction of sp³-hybridized carbons (Fsp3) is 0.292. The van der Waals surface area contributed by atoms with Crippen molar-refractivity contribution in [2.24, 2.45) is 4.99 Å². The van der Waals surface area contributed by atoms with Crippen molar-refractivity contribution in [1.29, 1.82) is 0 Å². The summed E-state index contributed by atoms with van der Waals surface area (Å²) in [4.78, 5) is 20.5. The predicted octanol–water partition coefficient (Wildman–Crippen LogP) is 1.73. The van der Waals surface area contributed by atoms with Crippen molar-refractivity contribution in [2.45, 2.75) is 43.9 Å². The molecule has 0 amide bonds. The number of carboxylic acid groups (broad SMARTS) is 1. The van der Waals surface area contributed by atoms with Crippen LogP contribution < -0.4 is 0 Å². The topological polar surface area (TPSA) is 147 Å². The Bertz CT molecular complexity index is 1360. The maximum absolute atomic E-state index is 15.0. The molecule has 10 nitrogen and oxygen atoms in total. The zero-order valence-electron chi connectivity index (χ0n) is 18.7. The Balaban J connectivity index is 1.66. The summed E-state index contributed by atoms with van der Waals surface area (Å²) in [6.07, 6.45) is -8.94. The Morgan fingerprint density at radius 1 is 1.11 bits per heavy atom. The van der Waals surface area contributed by atoms with Crippen LogP contribution in [0.4, 0.5) is 4.39 Å². The number of ether oxygens (including phenoxy) is 2. The van der Waals surface area contributed by atoms with Crippen LogP contribution >= 0.6 is 11.6 Å². The van der Waals surface area contributed by atoms with Gasteiger partial charge in [-0.1, -0.05) is 23.7 Å². The number of hydrogen-bond donors (Lipinski definition) is 4. The first-order valence-electron chi connectivity index (χ1n) is 10.9. The fourth-order valence-electron chi connectivity index (χ4n) is 4.35. The van der Waals surface area contributed by atoms with E-state index in [1.54, 1.807) is 35.8 Å². The molecule has 4 N–H and O–H groups in total. The summed E-state index contributed by atoms with van der Waals surface area (Å²) in [6.45, 7) is 1.74. The first-order chi connectivity index (χ1) is 17.2. The van der Waals surface area contributed by atoms with E-state index in [0.29, 0.717) is 27.8 Å². The van der Waals surface area contributed by atoms with Crippen molar-refractivity contribution in [2.75, 3.05) is 0 Å². The molecule has 0 spiro atoms. The van der Waals surface area contributed by atoms with Crippen LogP contribution in [-0.4, -0.2) is 72.4 Å². The fourth-order valence-corrected chi connectivity index (χ4v) is 4.53. The highest BCUT2D eigenvalue weighted by Gasteiger charge is 2.48. The first kappa shape index (κ1) is 24.5. The SMILES string of the molecule is Cc1ncc2n1-c1ccc(Cl)cc1C(c1ccccc1F)=N[C@H]2O[C@@H]1O[C@H](C(=O)O)[C@@H](O)[C@H](O)[C@H]1O. The van der Waals surface area contributed by atoms with Gasteiger partial charge < -0.3 is 29.9 Å². The molecular weight excluding hydrogens is 497 g/mol. The normalized spacial score (nSPS) is 27.6. The van der Waals surface area contributed by atoms with E-state index in [1.165, 1.54) is 24.4 Å². The second-order valence-electron chi connectivity index (χ2n) is 8.41. The highest BCUT2D eigenvalue weighted by molar-refractivity contribution is 6.31. The molecule has 0 bridgehead atoms. The van der Waals surface area contributed by atoms with Gasteiger partial charge in [-0.05, 0) is 37.3 Å². The first-order valence-corrected chi connectivity index (χ1v) is 11.3. The van der Waals surface area contributed by atoms with Crippen LogP contribution in [0.1, 0.15) is 28.9 Å². The van der Waals surface area contributed by atoms with Crippen molar-refractivity contribution in [3.05, 3.63) is 82.1 Å². The van der Waals surface area contributed by atoms with Gasteiger partial charge in [0.15, 0.2) is 18.6 Å². The number of aliphatic hydroxyl groups is 3. The molecule has 5 rings (SSSR count). The van der Waals surface area contributed by atoms with E-state index >= 15 is 0 Å². The number of benzene rings is 2. The molecular formula is C24H21ClFN3O7. The molecule has 0 unspecified atom stereocenters. The smallest absolute Gasteiger partial charge is 0.335 e. The number of aryl methyl sites for hydroxylation is 1. The minimum atomic E-state index is -1.89. The maximum Gasteiger partial charge on any atom is 0.335 e. The van der Waals surface area contributed by atoms with Crippen molar-refractivity contribution < 1.29 is 39.1 Å². The molecule has 3 aromatic rings. The third-order valence-corrected chi connectivity index (χ3v) is 6.36. The van der Waals surface area contributed by atoms with E-state index in [9.17, 15) is 29.6 Å². The molecule has 0 aliphatic carbocycles. The largest absolute Gasteiger partial charge is 0.479 e. The molecule has 1 saturated heterocycles. The summed E-state index contributed by atoms with van der Waals surface area (Å²) < 4.78 is 27.9. The Kier molecular flexibility index (Phi) is 6.37. The van der Waals surface area contributed by atoms with Crippen LogP contribution in [0.3, 0.4) is 0 Å². The number of aliphatic carboxylic acids is 1. The monoisotopic (exact) mass is 517 g/mol. The number of halogens is 2. The lowest BCUT2D eigenvalue weighted by Gasteiger charge is -2.39. The number of hydrogen-bond acceptors (Lipinski definition) is 8. The number of carboxylic acids is 1. The van der Waals surface area contributed by atoms with Gasteiger partial charge in [-0.3, -0.25) is 4.57 Å². The second kappa shape index (κ2) is 9.36. The van der Waals surface area contributed by atoms with E-state index in [-0.39, 0.29) is 11.3 Å². The van der Waals surface area contributed by atoms with Gasteiger partial charge in [-0.2, -0.15) is 0 Å². The van der Waals surface area contributed by atoms with E-state index in [2.05, 4.69) is 9.98 Å². The van der Waals surface area contributed by atoms with E-state index < -0.39 is 48.7 Å². The minimum absolute atomic E-state index is 0.148. The van der Waals surface area contributed by atoms with Gasteiger partial charge >= 0.3 is 5.97 Å². The summed E-state index contributed by atoms with van der Waals surface area (Å²) in [6, 6.07) is 11.0. The lowest BCUT2D eigenvalue weighted by atomic mass is 9.99. The van der Waals surface area contributed by atoms with E-state index in [4.69, 9.17) is 21.1 Å². The lowest BCUT2D eigenvalue weighted by molar-refractivity contribution is -0.305. The summed E-state index contributed by atoms with van der Waals surface area (Å²) in [5.74, 6) is -1.57. The number of fused-ring (bicyclic) bond motifs is 3. The van der Waals surface area contributed by atoms with Crippen molar-refractivity contribution >= 4 is 23.3 Å². The summed E-state index contributed by atoms with van der Waals surface area (Å²) in [5.41, 5.74) is 1.76. The number of aliphatic hydroxyl groups excluding tert-OH is 3. The van der Waals surface area contributed by atoms with Crippen molar-refractivity contribution in [3.63, 3.8) is 0 Å². The van der Waals surface area contributed by atoms with Gasteiger partial charge in [0.1, 0.15) is 30.0 Å². The highest BCUT2D eigenvalue weighted by Crippen LogP contribution is 2.36. The van der Waals surface area contributed by atoms with Gasteiger partial charge in [0.05, 0.1) is 23.3 Å². The molecule has 2 aliphatic rings. The number of aromatic nitrogens is 2. The number of aliphatic imine (C=N–C) groups is 1. The number of imidazole rings is 1. The van der Waals surface area contributed by atoms with Crippen molar-refractivity contribution in [1.82, 2.24) is 9.55 Å². The molecule has 2 aliphatic heterocycles. The number of nitrogens with zero attached hydrogens (tertiary/aromatic N) is 3. The van der Waals surface area contributed by atoms with Crippen LogP contribution in [0.2, 0.25) is 5.02 Å². The molecule has 0 radical (unpaired) electrons. The van der Waals surface area contributed by atoms with E-state index in [1.807, 2.05) is 0 Å². The van der Waals surface area contributed by atoms with Gasteiger partial charge in [-0.15, -0.1) is 0 Å². The third kappa shape index (κ3) is 4.09. The zero-order chi connectivity index (χ0) is 25.7. The summed E-state index contributed by atoms with van der Waals surface area (Å²) in [5, 5.41) is 40.5. The predicted molar refractivity (Wildman–Crippen MR) is 123 cm³/mol. The average Bonchev–Trinajstić information content (AvgIpc) is 3.17. The number of carbonyl (C=O) groups is 1. The molecule has 6 atom stereocenters. The molecule has 0 saturated carbocycles. The van der Waals surface area contributed by atoms with Gasteiger partial charge in [-0.25, -0.2) is 19.2 Å². The van der Waals surface area contributed by atoms with Gasteiger partial charge in [0, 0.05) is 16.1 Å². The van der Waals surface area contributed by atoms with Gasteiger partial charge in [0.2, 0.25) is 0 Å².